The monoisotopic (exact) mass is 487 g/mol. The summed E-state index contributed by atoms with van der Waals surface area (Å²) in [5.41, 5.74) is 0.143. The van der Waals surface area contributed by atoms with E-state index in [2.05, 4.69) is 30.0 Å². The van der Waals surface area contributed by atoms with E-state index < -0.39 is 11.2 Å². The van der Waals surface area contributed by atoms with E-state index in [-0.39, 0.29) is 0 Å². The van der Waals surface area contributed by atoms with Crippen LogP contribution in [0.2, 0.25) is 0 Å². The molecule has 1 saturated heterocycles. The van der Waals surface area contributed by atoms with Crippen LogP contribution in [-0.2, 0) is 15.9 Å². The number of aliphatic hydroxyl groups is 1. The Labute approximate surface area is 212 Å². The molecule has 1 fully saturated rings. The molecule has 2 unspecified atom stereocenters. The lowest BCUT2D eigenvalue weighted by molar-refractivity contribution is -0.103. The first kappa shape index (κ1) is 25.6. The van der Waals surface area contributed by atoms with Crippen molar-refractivity contribution in [2.45, 2.75) is 37.0 Å². The van der Waals surface area contributed by atoms with Crippen LogP contribution in [0.4, 0.5) is 0 Å². The molecule has 2 aliphatic rings. The highest BCUT2D eigenvalue weighted by atomic mass is 16.5. The smallest absolute Gasteiger partial charge is 0.192 e. The fraction of sp³-hybridized carbons (Fsp3) is 0.379. The Kier molecular flexibility index (Phi) is 7.60. The molecule has 0 saturated carbocycles. The predicted molar refractivity (Wildman–Crippen MR) is 137 cm³/mol. The Morgan fingerprint density at radius 2 is 1.75 bits per heavy atom. The van der Waals surface area contributed by atoms with Crippen LogP contribution >= 0.6 is 0 Å². The summed E-state index contributed by atoms with van der Waals surface area (Å²) < 4.78 is 17.1. The van der Waals surface area contributed by atoms with Gasteiger partial charge in [0.2, 0.25) is 0 Å². The molecular weight excluding hydrogens is 454 g/mol. The van der Waals surface area contributed by atoms with Crippen LogP contribution < -0.4 is 9.47 Å². The van der Waals surface area contributed by atoms with E-state index in [1.54, 1.807) is 31.6 Å². The topological polar surface area (TPSA) is 87.8 Å². The van der Waals surface area contributed by atoms with Gasteiger partial charge in [-0.1, -0.05) is 55.8 Å². The van der Waals surface area contributed by atoms with Gasteiger partial charge in [0.1, 0.15) is 17.1 Å². The van der Waals surface area contributed by atoms with Crippen molar-refractivity contribution in [1.82, 2.24) is 9.88 Å². The Bertz CT molecular complexity index is 1210. The quantitative estimate of drug-likeness (QED) is 0.557. The summed E-state index contributed by atoms with van der Waals surface area (Å²) >= 11 is 0. The van der Waals surface area contributed by atoms with E-state index in [9.17, 15) is 10.4 Å². The van der Waals surface area contributed by atoms with Gasteiger partial charge in [-0.25, -0.2) is 0 Å². The fourth-order valence-corrected chi connectivity index (χ4v) is 4.89. The third kappa shape index (κ3) is 4.33. The second kappa shape index (κ2) is 10.7. The molecule has 1 N–H and O–H groups in total. The molecule has 3 heterocycles. The second-order valence-corrected chi connectivity index (χ2v) is 9.32. The maximum absolute atomic E-state index is 12.3. The molecule has 188 valence electrons. The number of methoxy groups -OCH3 is 1. The van der Waals surface area contributed by atoms with E-state index in [0.29, 0.717) is 35.1 Å². The number of likely N-dealkylation sites (N-methyl/N-ethyl adjacent to an activating group) is 1. The number of fused-ring (bicyclic) bond motifs is 1. The standard InChI is InChI=1S/C24H22N2O3.C5H11NO/c1-3-13-23(27)22-20(28-2)15-26-16-21(22)29-24(23,18-7-5-4-6-8-18)19-11-9-17(14-25)10-12-19;1-6(2)5-3-7-4-5/h4-12,15-16,27H,3,13H2,1-2H3;5H,3-4H2,1-2H3. The second-order valence-electron chi connectivity index (χ2n) is 9.32. The first-order chi connectivity index (χ1) is 17.4. The van der Waals surface area contributed by atoms with Crippen molar-refractivity contribution in [3.05, 3.63) is 89.2 Å². The average Bonchev–Trinajstić information content (AvgIpc) is 3.13. The van der Waals surface area contributed by atoms with Gasteiger partial charge in [-0.15, -0.1) is 0 Å². The molecule has 7 heteroatoms. The minimum absolute atomic E-state index is 0.454. The fourth-order valence-electron chi connectivity index (χ4n) is 4.89. The molecule has 0 spiro atoms. The number of nitriles is 1. The van der Waals surface area contributed by atoms with Crippen LogP contribution in [0, 0.1) is 11.3 Å². The van der Waals surface area contributed by atoms with E-state index in [0.717, 1.165) is 30.8 Å². The molecule has 2 aromatic carbocycles. The molecule has 5 rings (SSSR count). The van der Waals surface area contributed by atoms with Crippen LogP contribution in [0.5, 0.6) is 11.5 Å². The third-order valence-electron chi connectivity index (χ3n) is 6.92. The number of pyridine rings is 1. The van der Waals surface area contributed by atoms with Gasteiger partial charge in [0.15, 0.2) is 5.60 Å². The Morgan fingerprint density at radius 1 is 1.08 bits per heavy atom. The Morgan fingerprint density at radius 3 is 2.25 bits per heavy atom. The largest absolute Gasteiger partial charge is 0.495 e. The lowest BCUT2D eigenvalue weighted by Crippen LogP contribution is -2.50. The summed E-state index contributed by atoms with van der Waals surface area (Å²) in [6.07, 6.45) is 4.40. The summed E-state index contributed by atoms with van der Waals surface area (Å²) in [4.78, 5) is 6.41. The molecule has 7 nitrogen and oxygen atoms in total. The van der Waals surface area contributed by atoms with Gasteiger partial charge in [-0.2, -0.15) is 5.26 Å². The summed E-state index contributed by atoms with van der Waals surface area (Å²) in [6.45, 7) is 3.87. The first-order valence-corrected chi connectivity index (χ1v) is 12.2. The van der Waals surface area contributed by atoms with Gasteiger partial charge in [0, 0.05) is 11.1 Å². The molecule has 0 bridgehead atoms. The van der Waals surface area contributed by atoms with E-state index >= 15 is 0 Å². The zero-order valence-electron chi connectivity index (χ0n) is 21.3. The number of hydrogen-bond acceptors (Lipinski definition) is 7. The lowest BCUT2D eigenvalue weighted by Gasteiger charge is -2.42. The van der Waals surface area contributed by atoms with E-state index in [1.165, 1.54) is 0 Å². The van der Waals surface area contributed by atoms with Gasteiger partial charge in [0.05, 0.1) is 56.0 Å². The van der Waals surface area contributed by atoms with Crippen LogP contribution in [0.15, 0.2) is 67.0 Å². The van der Waals surface area contributed by atoms with Crippen molar-refractivity contribution in [3.8, 4) is 17.6 Å². The van der Waals surface area contributed by atoms with Crippen LogP contribution in [0.25, 0.3) is 0 Å². The molecular formula is C29H33N3O4. The number of aromatic nitrogens is 1. The SMILES string of the molecule is CCCC1(O)c2c(OC)cncc2OC1(c1ccccc1)c1ccc(C#N)cc1.CN(C)C1COC1. The summed E-state index contributed by atoms with van der Waals surface area (Å²) in [5, 5.41) is 21.5. The normalized spacial score (nSPS) is 22.5. The molecule has 0 amide bonds. The third-order valence-corrected chi connectivity index (χ3v) is 6.92. The Balaban J connectivity index is 0.000000375. The van der Waals surface area contributed by atoms with E-state index in [1.807, 2.05) is 49.4 Å². The van der Waals surface area contributed by atoms with Gasteiger partial charge >= 0.3 is 0 Å². The van der Waals surface area contributed by atoms with Gasteiger partial charge < -0.3 is 24.2 Å². The van der Waals surface area contributed by atoms with E-state index in [4.69, 9.17) is 14.2 Å². The zero-order chi connectivity index (χ0) is 25.8. The number of hydrogen-bond donors (Lipinski definition) is 1. The molecule has 3 aromatic rings. The zero-order valence-corrected chi connectivity index (χ0v) is 21.3. The van der Waals surface area contributed by atoms with Crippen molar-refractivity contribution in [2.24, 2.45) is 0 Å². The molecule has 2 atom stereocenters. The van der Waals surface area contributed by atoms with Crippen molar-refractivity contribution in [1.29, 1.82) is 5.26 Å². The summed E-state index contributed by atoms with van der Waals surface area (Å²) in [7, 11) is 5.72. The maximum Gasteiger partial charge on any atom is 0.192 e. The molecule has 36 heavy (non-hydrogen) atoms. The highest BCUT2D eigenvalue weighted by molar-refractivity contribution is 5.58. The Hall–Kier alpha value is -3.44. The molecule has 2 aliphatic heterocycles. The van der Waals surface area contributed by atoms with Crippen molar-refractivity contribution >= 4 is 0 Å². The average molecular weight is 488 g/mol. The number of benzene rings is 2. The van der Waals surface area contributed by atoms with Crippen LogP contribution in [0.3, 0.4) is 0 Å². The van der Waals surface area contributed by atoms with Crippen molar-refractivity contribution in [2.75, 3.05) is 34.4 Å². The summed E-state index contributed by atoms with van der Waals surface area (Å²) in [6, 6.07) is 19.7. The van der Waals surface area contributed by atoms with Gasteiger partial charge in [-0.05, 0) is 32.6 Å². The van der Waals surface area contributed by atoms with Crippen LogP contribution in [-0.4, -0.2) is 55.5 Å². The number of rotatable bonds is 6. The number of ether oxygens (including phenoxy) is 3. The molecule has 0 radical (unpaired) electrons. The van der Waals surface area contributed by atoms with Gasteiger partial charge in [-0.3, -0.25) is 4.98 Å². The number of nitrogens with zero attached hydrogens (tertiary/aromatic N) is 3. The molecule has 0 aliphatic carbocycles. The predicted octanol–water partition coefficient (Wildman–Crippen LogP) is 4.23. The van der Waals surface area contributed by atoms with Gasteiger partial charge in [0.25, 0.3) is 0 Å². The maximum atomic E-state index is 12.3. The first-order valence-electron chi connectivity index (χ1n) is 12.2. The molecule has 1 aromatic heterocycles. The van der Waals surface area contributed by atoms with Crippen molar-refractivity contribution in [3.63, 3.8) is 0 Å². The van der Waals surface area contributed by atoms with Crippen LogP contribution in [0.1, 0.15) is 42.0 Å². The van der Waals surface area contributed by atoms with Crippen molar-refractivity contribution < 1.29 is 19.3 Å². The highest BCUT2D eigenvalue weighted by Crippen LogP contribution is 2.60. The lowest BCUT2D eigenvalue weighted by atomic mass is 9.69. The minimum Gasteiger partial charge on any atom is -0.495 e. The summed E-state index contributed by atoms with van der Waals surface area (Å²) in [5.74, 6) is 0.985. The minimum atomic E-state index is -1.39. The highest BCUT2D eigenvalue weighted by Gasteiger charge is 2.62.